The van der Waals surface area contributed by atoms with Crippen molar-refractivity contribution >= 4 is 39.5 Å². The summed E-state index contributed by atoms with van der Waals surface area (Å²) in [6, 6.07) is 0. The van der Waals surface area contributed by atoms with Crippen LogP contribution in [0.5, 0.6) is 0 Å². The van der Waals surface area contributed by atoms with E-state index in [0.29, 0.717) is 25.7 Å². The third-order valence-electron chi connectivity index (χ3n) is 19.0. The van der Waals surface area contributed by atoms with Gasteiger partial charge in [0.1, 0.15) is 19.3 Å². The summed E-state index contributed by atoms with van der Waals surface area (Å²) >= 11 is 0. The molecular weight excluding hydrogens is 1310 g/mol. The third-order valence-corrected chi connectivity index (χ3v) is 20.9. The second-order valence-electron chi connectivity index (χ2n) is 30.1. The van der Waals surface area contributed by atoms with Gasteiger partial charge in [0.15, 0.2) is 12.2 Å². The number of unbranched alkanes of at least 4 members (excludes halogenated alkanes) is 50. The van der Waals surface area contributed by atoms with Gasteiger partial charge in [-0.05, 0) is 37.5 Å². The zero-order chi connectivity index (χ0) is 73.5. The fraction of sp³-hybridized carbons (Fsp3) is 0.951. The maximum absolute atomic E-state index is 13.1. The predicted molar refractivity (Wildman–Crippen MR) is 409 cm³/mol. The number of aliphatic hydroxyl groups is 1. The molecule has 0 aromatic carbocycles. The molecule has 100 heavy (non-hydrogen) atoms. The Labute approximate surface area is 613 Å². The Morgan fingerprint density at radius 3 is 0.680 bits per heavy atom. The minimum atomic E-state index is -4.96. The van der Waals surface area contributed by atoms with Crippen molar-refractivity contribution in [2.24, 2.45) is 11.8 Å². The number of phosphoric acid groups is 2. The highest BCUT2D eigenvalue weighted by Gasteiger charge is 2.30. The zero-order valence-corrected chi connectivity index (χ0v) is 67.3. The lowest BCUT2D eigenvalue weighted by molar-refractivity contribution is -0.161. The van der Waals surface area contributed by atoms with E-state index in [2.05, 4.69) is 41.5 Å². The van der Waals surface area contributed by atoms with Crippen LogP contribution in [-0.4, -0.2) is 96.7 Å². The Morgan fingerprint density at radius 1 is 0.270 bits per heavy atom. The lowest BCUT2D eigenvalue weighted by atomic mass is 10.0. The lowest BCUT2D eigenvalue weighted by Crippen LogP contribution is -2.30. The van der Waals surface area contributed by atoms with Crippen molar-refractivity contribution in [3.8, 4) is 0 Å². The molecule has 5 atom stereocenters. The van der Waals surface area contributed by atoms with Crippen molar-refractivity contribution in [2.45, 2.75) is 445 Å². The summed E-state index contributed by atoms with van der Waals surface area (Å²) < 4.78 is 68.6. The molecule has 0 rings (SSSR count). The van der Waals surface area contributed by atoms with Crippen LogP contribution in [0.15, 0.2) is 0 Å². The largest absolute Gasteiger partial charge is 0.472 e. The molecule has 0 spiro atoms. The van der Waals surface area contributed by atoms with Crippen LogP contribution in [0.2, 0.25) is 0 Å². The highest BCUT2D eigenvalue weighted by Crippen LogP contribution is 2.45. The smallest absolute Gasteiger partial charge is 0.462 e. The minimum Gasteiger partial charge on any atom is -0.462 e. The number of hydrogen-bond acceptors (Lipinski definition) is 15. The van der Waals surface area contributed by atoms with Gasteiger partial charge < -0.3 is 33.8 Å². The molecule has 2 unspecified atom stereocenters. The van der Waals surface area contributed by atoms with Crippen LogP contribution in [0.1, 0.15) is 427 Å². The first-order chi connectivity index (χ1) is 48.4. The van der Waals surface area contributed by atoms with Gasteiger partial charge in [-0.2, -0.15) is 0 Å². The van der Waals surface area contributed by atoms with E-state index in [1.54, 1.807) is 0 Å². The van der Waals surface area contributed by atoms with Gasteiger partial charge in [-0.1, -0.05) is 375 Å². The highest BCUT2D eigenvalue weighted by molar-refractivity contribution is 7.47. The summed E-state index contributed by atoms with van der Waals surface area (Å²) in [6.07, 6.45) is 62.6. The maximum Gasteiger partial charge on any atom is 0.472 e. The van der Waals surface area contributed by atoms with Crippen LogP contribution in [0.3, 0.4) is 0 Å². The summed E-state index contributed by atoms with van der Waals surface area (Å²) in [5.41, 5.74) is 0. The minimum absolute atomic E-state index is 0.106. The molecule has 0 aliphatic carbocycles. The number of esters is 4. The van der Waals surface area contributed by atoms with Gasteiger partial charge in [0.05, 0.1) is 26.4 Å². The summed E-state index contributed by atoms with van der Waals surface area (Å²) in [7, 11) is -9.92. The summed E-state index contributed by atoms with van der Waals surface area (Å²) in [4.78, 5) is 72.9. The molecule has 594 valence electrons. The van der Waals surface area contributed by atoms with Crippen molar-refractivity contribution in [3.05, 3.63) is 0 Å². The fourth-order valence-electron chi connectivity index (χ4n) is 12.5. The topological polar surface area (TPSA) is 237 Å². The van der Waals surface area contributed by atoms with Gasteiger partial charge in [-0.3, -0.25) is 37.3 Å². The van der Waals surface area contributed by atoms with Crippen molar-refractivity contribution in [1.82, 2.24) is 0 Å². The van der Waals surface area contributed by atoms with Gasteiger partial charge in [0, 0.05) is 25.7 Å². The monoisotopic (exact) mass is 1470 g/mol. The van der Waals surface area contributed by atoms with E-state index in [1.165, 1.54) is 244 Å². The molecule has 0 bridgehead atoms. The van der Waals surface area contributed by atoms with Gasteiger partial charge in [0.25, 0.3) is 0 Å². The van der Waals surface area contributed by atoms with Crippen molar-refractivity contribution < 1.29 is 80.2 Å². The molecule has 0 fully saturated rings. The van der Waals surface area contributed by atoms with E-state index in [4.69, 9.17) is 37.0 Å². The van der Waals surface area contributed by atoms with Crippen molar-refractivity contribution in [3.63, 3.8) is 0 Å². The molecule has 0 aliphatic heterocycles. The van der Waals surface area contributed by atoms with E-state index in [9.17, 15) is 43.2 Å². The number of rotatable bonds is 80. The Kier molecular flexibility index (Phi) is 71.2. The Hall–Kier alpha value is -1.94. The second kappa shape index (κ2) is 72.6. The van der Waals surface area contributed by atoms with Crippen molar-refractivity contribution in [1.29, 1.82) is 0 Å². The molecular formula is C81H158O17P2. The first-order valence-corrected chi connectivity index (χ1v) is 45.0. The molecule has 0 aromatic heterocycles. The molecule has 19 heteroatoms. The van der Waals surface area contributed by atoms with Crippen LogP contribution in [0, 0.1) is 11.8 Å². The predicted octanol–water partition coefficient (Wildman–Crippen LogP) is 24.3. The van der Waals surface area contributed by atoms with Gasteiger partial charge in [0.2, 0.25) is 0 Å². The molecule has 17 nitrogen and oxygen atoms in total. The van der Waals surface area contributed by atoms with Gasteiger partial charge in [-0.15, -0.1) is 0 Å². The lowest BCUT2D eigenvalue weighted by Gasteiger charge is -2.21. The standard InChI is InChI=1S/C81H158O17P2/c1-7-9-11-13-15-17-18-19-20-21-22-23-24-25-26-27-32-35-41-47-53-59-65-80(85)97-77(70-92-79(84)64-58-52-46-40-34-31-29-28-30-33-38-43-49-55-61-73(3)4)72-96-100(89,90)94-68-75(82)67-93-99(87,88)95-71-76(69-91-78(83)63-57-51-45-37-16-14-12-10-8-2)98-81(86)66-60-54-48-42-36-39-44-50-56-62-74(5)6/h73-77,82H,7-72H2,1-6H3,(H,87,88)(H,89,90)/t75-,76+,77+/m0/s1. The van der Waals surface area contributed by atoms with Crippen LogP contribution in [-0.2, 0) is 65.4 Å². The second-order valence-corrected chi connectivity index (χ2v) is 33.0. The average Bonchev–Trinajstić information content (AvgIpc) is 0.921. The normalized spacial score (nSPS) is 13.9. The van der Waals surface area contributed by atoms with Crippen LogP contribution in [0.4, 0.5) is 0 Å². The number of carbonyl (C=O) groups is 4. The zero-order valence-electron chi connectivity index (χ0n) is 65.5. The Balaban J connectivity index is 5.19. The molecule has 3 N–H and O–H groups in total. The molecule has 0 saturated heterocycles. The maximum atomic E-state index is 13.1. The van der Waals surface area contributed by atoms with Gasteiger partial charge in [-0.25, -0.2) is 9.13 Å². The van der Waals surface area contributed by atoms with Crippen LogP contribution < -0.4 is 0 Å². The highest BCUT2D eigenvalue weighted by atomic mass is 31.2. The molecule has 0 aliphatic rings. The number of carbonyl (C=O) groups excluding carboxylic acids is 4. The number of aliphatic hydroxyl groups excluding tert-OH is 1. The van der Waals surface area contributed by atoms with E-state index < -0.39 is 97.5 Å². The molecule has 0 radical (unpaired) electrons. The quantitative estimate of drug-likeness (QED) is 0.0222. The number of ether oxygens (including phenoxy) is 4. The van der Waals surface area contributed by atoms with E-state index in [1.807, 2.05) is 0 Å². The van der Waals surface area contributed by atoms with E-state index >= 15 is 0 Å². The Morgan fingerprint density at radius 2 is 0.460 bits per heavy atom. The molecule has 0 amide bonds. The summed E-state index contributed by atoms with van der Waals surface area (Å²) in [5.74, 6) is -0.576. The summed E-state index contributed by atoms with van der Waals surface area (Å²) in [5, 5.41) is 10.6. The SMILES string of the molecule is CCCCCCCCCCCCCCCCCCCCCCCCC(=O)O[C@H](COC(=O)CCCCCCCCCCCCCCCCC(C)C)COP(=O)(O)OC[C@@H](O)COP(=O)(O)OC[C@@H](COC(=O)CCCCCCCCCCC)OC(=O)CCCCCCCCCCCC(C)C. The van der Waals surface area contributed by atoms with E-state index in [0.717, 1.165) is 102 Å². The first kappa shape index (κ1) is 98.1. The number of phosphoric ester groups is 2. The molecule has 0 aromatic rings. The Bertz CT molecular complexity index is 1920. The average molecular weight is 1470 g/mol. The fourth-order valence-corrected chi connectivity index (χ4v) is 14.1. The summed E-state index contributed by atoms with van der Waals surface area (Å²) in [6.45, 7) is 9.61. The van der Waals surface area contributed by atoms with Crippen LogP contribution >= 0.6 is 15.6 Å². The third kappa shape index (κ3) is 74.3. The number of hydrogen-bond donors (Lipinski definition) is 3. The van der Waals surface area contributed by atoms with Crippen molar-refractivity contribution in [2.75, 3.05) is 39.6 Å². The molecule has 0 saturated carbocycles. The van der Waals surface area contributed by atoms with Gasteiger partial charge >= 0.3 is 39.5 Å². The molecule has 0 heterocycles. The first-order valence-electron chi connectivity index (χ1n) is 42.0. The van der Waals surface area contributed by atoms with Crippen LogP contribution in [0.25, 0.3) is 0 Å². The van der Waals surface area contributed by atoms with E-state index in [-0.39, 0.29) is 25.7 Å².